The summed E-state index contributed by atoms with van der Waals surface area (Å²) in [6, 6.07) is 11.7. The number of carbonyl (C=O) groups excluding carboxylic acids is 2. The molecule has 2 heterocycles. The Balaban J connectivity index is 1.83. The SMILES string of the molecule is Cc1ccc(NC(=O)c2ccco2)c(NC(=O)c2ccc(Br)o2)c1. The lowest BCUT2D eigenvalue weighted by Crippen LogP contribution is -2.16. The average Bonchev–Trinajstić information content (AvgIpc) is 3.21. The van der Waals surface area contributed by atoms with E-state index < -0.39 is 11.8 Å². The molecule has 0 aliphatic carbocycles. The quantitative estimate of drug-likeness (QED) is 0.691. The molecule has 7 heteroatoms. The molecular weight excluding hydrogens is 376 g/mol. The molecule has 2 amide bonds. The number of rotatable bonds is 4. The number of benzene rings is 1. The maximum Gasteiger partial charge on any atom is 0.291 e. The van der Waals surface area contributed by atoms with Gasteiger partial charge in [-0.05, 0) is 64.8 Å². The van der Waals surface area contributed by atoms with Crippen molar-refractivity contribution >= 4 is 39.1 Å². The molecule has 0 aliphatic heterocycles. The first-order chi connectivity index (χ1) is 11.5. The number of anilines is 2. The van der Waals surface area contributed by atoms with E-state index in [1.165, 1.54) is 6.26 Å². The lowest BCUT2D eigenvalue weighted by molar-refractivity contribution is 0.0986. The van der Waals surface area contributed by atoms with E-state index in [1.807, 2.05) is 13.0 Å². The number of nitrogens with one attached hydrogen (secondary N) is 2. The summed E-state index contributed by atoms with van der Waals surface area (Å²) in [5, 5.41) is 5.45. The Morgan fingerprint density at radius 1 is 0.958 bits per heavy atom. The number of carbonyl (C=O) groups is 2. The van der Waals surface area contributed by atoms with Crippen molar-refractivity contribution in [2.24, 2.45) is 0 Å². The Morgan fingerprint density at radius 2 is 1.71 bits per heavy atom. The summed E-state index contributed by atoms with van der Waals surface area (Å²) >= 11 is 3.15. The molecule has 0 radical (unpaired) electrons. The Labute approximate surface area is 146 Å². The standard InChI is InChI=1S/C17H13BrN2O4/c1-10-4-5-11(19-16(21)13-3-2-8-23-13)12(9-10)20-17(22)14-6-7-15(18)24-14/h2-9H,1H3,(H,19,21)(H,20,22). The molecule has 1 aromatic carbocycles. The summed E-state index contributed by atoms with van der Waals surface area (Å²) in [7, 11) is 0. The Morgan fingerprint density at radius 3 is 2.38 bits per heavy atom. The van der Waals surface area contributed by atoms with Crippen LogP contribution in [0.3, 0.4) is 0 Å². The molecule has 3 rings (SSSR count). The second-order valence-corrected chi connectivity index (χ2v) is 5.82. The van der Waals surface area contributed by atoms with Crippen LogP contribution < -0.4 is 10.6 Å². The van der Waals surface area contributed by atoms with Crippen molar-refractivity contribution < 1.29 is 18.4 Å². The van der Waals surface area contributed by atoms with Gasteiger partial charge in [0.2, 0.25) is 0 Å². The van der Waals surface area contributed by atoms with E-state index >= 15 is 0 Å². The minimum absolute atomic E-state index is 0.159. The molecule has 3 aromatic rings. The lowest BCUT2D eigenvalue weighted by Gasteiger charge is -2.12. The average molecular weight is 389 g/mol. The number of aryl methyl sites for hydroxylation is 1. The second-order valence-electron chi connectivity index (χ2n) is 5.04. The van der Waals surface area contributed by atoms with Crippen molar-refractivity contribution in [2.45, 2.75) is 6.92 Å². The first kappa shape index (κ1) is 16.1. The lowest BCUT2D eigenvalue weighted by atomic mass is 10.2. The zero-order valence-electron chi connectivity index (χ0n) is 12.6. The van der Waals surface area contributed by atoms with Gasteiger partial charge in [0.1, 0.15) is 0 Å². The zero-order valence-corrected chi connectivity index (χ0v) is 14.2. The topological polar surface area (TPSA) is 84.5 Å². The first-order valence-electron chi connectivity index (χ1n) is 7.05. The van der Waals surface area contributed by atoms with E-state index in [1.54, 1.807) is 36.4 Å². The predicted molar refractivity (Wildman–Crippen MR) is 92.2 cm³/mol. The van der Waals surface area contributed by atoms with Crippen LogP contribution in [-0.4, -0.2) is 11.8 Å². The van der Waals surface area contributed by atoms with Crippen LogP contribution in [0.15, 0.2) is 62.2 Å². The highest BCUT2D eigenvalue weighted by Gasteiger charge is 2.15. The molecule has 0 unspecified atom stereocenters. The van der Waals surface area contributed by atoms with E-state index in [0.29, 0.717) is 16.0 Å². The van der Waals surface area contributed by atoms with Gasteiger partial charge in [-0.3, -0.25) is 9.59 Å². The van der Waals surface area contributed by atoms with E-state index in [-0.39, 0.29) is 11.5 Å². The third-order valence-electron chi connectivity index (χ3n) is 3.21. The van der Waals surface area contributed by atoms with Crippen molar-refractivity contribution in [2.75, 3.05) is 10.6 Å². The van der Waals surface area contributed by atoms with Gasteiger partial charge in [0.15, 0.2) is 16.2 Å². The molecule has 0 saturated carbocycles. The molecule has 6 nitrogen and oxygen atoms in total. The summed E-state index contributed by atoms with van der Waals surface area (Å²) in [6.07, 6.45) is 1.42. The normalized spacial score (nSPS) is 10.4. The molecular formula is C17H13BrN2O4. The maximum atomic E-state index is 12.2. The van der Waals surface area contributed by atoms with Crippen LogP contribution in [0.1, 0.15) is 26.7 Å². The molecule has 2 N–H and O–H groups in total. The van der Waals surface area contributed by atoms with E-state index in [2.05, 4.69) is 26.6 Å². The summed E-state index contributed by atoms with van der Waals surface area (Å²) in [5.41, 5.74) is 1.86. The predicted octanol–water partition coefficient (Wildman–Crippen LogP) is 4.45. The molecule has 0 atom stereocenters. The third-order valence-corrected chi connectivity index (χ3v) is 3.64. The van der Waals surface area contributed by atoms with Gasteiger partial charge in [0.25, 0.3) is 11.8 Å². The van der Waals surface area contributed by atoms with E-state index in [4.69, 9.17) is 8.83 Å². The van der Waals surface area contributed by atoms with Crippen LogP contribution >= 0.6 is 15.9 Å². The van der Waals surface area contributed by atoms with Crippen molar-refractivity contribution in [1.82, 2.24) is 0 Å². The maximum absolute atomic E-state index is 12.2. The molecule has 0 aliphatic rings. The van der Waals surface area contributed by atoms with Gasteiger partial charge in [-0.1, -0.05) is 6.07 Å². The first-order valence-corrected chi connectivity index (χ1v) is 7.84. The van der Waals surface area contributed by atoms with Gasteiger partial charge in [0.05, 0.1) is 17.6 Å². The van der Waals surface area contributed by atoms with Gasteiger partial charge in [-0.2, -0.15) is 0 Å². The molecule has 0 bridgehead atoms. The van der Waals surface area contributed by atoms with Gasteiger partial charge in [-0.25, -0.2) is 0 Å². The van der Waals surface area contributed by atoms with Crippen molar-refractivity contribution in [3.63, 3.8) is 0 Å². The van der Waals surface area contributed by atoms with Gasteiger partial charge in [-0.15, -0.1) is 0 Å². The highest BCUT2D eigenvalue weighted by Crippen LogP contribution is 2.25. The van der Waals surface area contributed by atoms with Crippen molar-refractivity contribution in [3.05, 3.63) is 70.5 Å². The number of furan rings is 2. The van der Waals surface area contributed by atoms with Crippen molar-refractivity contribution in [1.29, 1.82) is 0 Å². The molecule has 2 aromatic heterocycles. The number of hydrogen-bond donors (Lipinski definition) is 2. The summed E-state index contributed by atoms with van der Waals surface area (Å²) in [6.45, 7) is 1.89. The smallest absolute Gasteiger partial charge is 0.291 e. The number of halogens is 1. The van der Waals surface area contributed by atoms with Crippen molar-refractivity contribution in [3.8, 4) is 0 Å². The van der Waals surface area contributed by atoms with Crippen LogP contribution in [0.4, 0.5) is 11.4 Å². The highest BCUT2D eigenvalue weighted by molar-refractivity contribution is 9.10. The Kier molecular flexibility index (Phi) is 4.52. The number of amides is 2. The monoisotopic (exact) mass is 388 g/mol. The fraction of sp³-hybridized carbons (Fsp3) is 0.0588. The van der Waals surface area contributed by atoms with E-state index in [0.717, 1.165) is 5.56 Å². The van der Waals surface area contributed by atoms with Crippen LogP contribution in [0, 0.1) is 6.92 Å². The van der Waals surface area contributed by atoms with Crippen LogP contribution in [-0.2, 0) is 0 Å². The molecule has 122 valence electrons. The Bertz CT molecular complexity index is 884. The fourth-order valence-corrected chi connectivity index (χ4v) is 2.39. The molecule has 0 spiro atoms. The van der Waals surface area contributed by atoms with Gasteiger partial charge >= 0.3 is 0 Å². The van der Waals surface area contributed by atoms with Gasteiger partial charge in [0, 0.05) is 0 Å². The summed E-state index contributed by atoms with van der Waals surface area (Å²) in [4.78, 5) is 24.4. The molecule has 24 heavy (non-hydrogen) atoms. The van der Waals surface area contributed by atoms with E-state index in [9.17, 15) is 9.59 Å². The van der Waals surface area contributed by atoms with Gasteiger partial charge < -0.3 is 19.5 Å². The number of hydrogen-bond acceptors (Lipinski definition) is 4. The fourth-order valence-electron chi connectivity index (χ4n) is 2.08. The minimum atomic E-state index is -0.417. The highest BCUT2D eigenvalue weighted by atomic mass is 79.9. The third kappa shape index (κ3) is 3.57. The largest absolute Gasteiger partial charge is 0.459 e. The van der Waals surface area contributed by atoms with Crippen LogP contribution in [0.25, 0.3) is 0 Å². The second kappa shape index (κ2) is 6.76. The Hall–Kier alpha value is -2.80. The van der Waals surface area contributed by atoms with Crippen LogP contribution in [0.5, 0.6) is 0 Å². The molecule has 0 saturated heterocycles. The summed E-state index contributed by atoms with van der Waals surface area (Å²) in [5.74, 6) is -0.477. The van der Waals surface area contributed by atoms with Crippen LogP contribution in [0.2, 0.25) is 0 Å². The molecule has 0 fully saturated rings. The zero-order chi connectivity index (χ0) is 17.1. The summed E-state index contributed by atoms with van der Waals surface area (Å²) < 4.78 is 10.8. The minimum Gasteiger partial charge on any atom is -0.459 e.